The van der Waals surface area contributed by atoms with Crippen LogP contribution in [0.25, 0.3) is 0 Å². The molecule has 1 aromatic rings. The SMILES string of the molecule is C#CCNC(=O)C(C)Sc1ccc(Cl)cc1N. The Morgan fingerprint density at radius 2 is 2.41 bits per heavy atom. The van der Waals surface area contributed by atoms with Crippen LogP contribution in [-0.4, -0.2) is 17.7 Å². The van der Waals surface area contributed by atoms with Gasteiger partial charge >= 0.3 is 0 Å². The van der Waals surface area contributed by atoms with Crippen LogP contribution in [0.1, 0.15) is 6.92 Å². The fraction of sp³-hybridized carbons (Fsp3) is 0.250. The van der Waals surface area contributed by atoms with Gasteiger partial charge in [0.05, 0.1) is 11.8 Å². The molecule has 0 aliphatic heterocycles. The van der Waals surface area contributed by atoms with Gasteiger partial charge in [-0.05, 0) is 25.1 Å². The van der Waals surface area contributed by atoms with Crippen molar-refractivity contribution in [1.82, 2.24) is 5.32 Å². The second-order valence-electron chi connectivity index (χ2n) is 3.36. The van der Waals surface area contributed by atoms with Gasteiger partial charge in [-0.15, -0.1) is 18.2 Å². The third kappa shape index (κ3) is 4.22. The van der Waals surface area contributed by atoms with Gasteiger partial charge in [0.15, 0.2) is 0 Å². The molecule has 0 aromatic heterocycles. The van der Waals surface area contributed by atoms with E-state index in [9.17, 15) is 4.79 Å². The number of hydrogen-bond donors (Lipinski definition) is 2. The molecule has 17 heavy (non-hydrogen) atoms. The number of thioether (sulfide) groups is 1. The minimum atomic E-state index is -0.258. The summed E-state index contributed by atoms with van der Waals surface area (Å²) in [6.45, 7) is 2.03. The van der Waals surface area contributed by atoms with Gasteiger partial charge in [-0.25, -0.2) is 0 Å². The number of nitrogen functional groups attached to an aromatic ring is 1. The normalized spacial score (nSPS) is 11.6. The van der Waals surface area contributed by atoms with Crippen molar-refractivity contribution in [1.29, 1.82) is 0 Å². The van der Waals surface area contributed by atoms with Crippen LogP contribution in [0, 0.1) is 12.3 Å². The molecule has 0 aliphatic carbocycles. The Kier molecular flexibility index (Phi) is 5.20. The van der Waals surface area contributed by atoms with Crippen LogP contribution in [0.5, 0.6) is 0 Å². The van der Waals surface area contributed by atoms with Crippen LogP contribution in [0.3, 0.4) is 0 Å². The Hall–Kier alpha value is -1.31. The van der Waals surface area contributed by atoms with Crippen LogP contribution in [-0.2, 0) is 4.79 Å². The molecule has 0 saturated heterocycles. The summed E-state index contributed by atoms with van der Waals surface area (Å²) in [6, 6.07) is 5.20. The van der Waals surface area contributed by atoms with E-state index < -0.39 is 0 Å². The van der Waals surface area contributed by atoms with Gasteiger partial charge in [0.1, 0.15) is 0 Å². The highest BCUT2D eigenvalue weighted by Gasteiger charge is 2.14. The zero-order chi connectivity index (χ0) is 12.8. The average molecular weight is 269 g/mol. The molecule has 5 heteroatoms. The maximum absolute atomic E-state index is 11.6. The molecule has 1 aromatic carbocycles. The number of rotatable bonds is 4. The zero-order valence-electron chi connectivity index (χ0n) is 9.37. The van der Waals surface area contributed by atoms with Gasteiger partial charge < -0.3 is 11.1 Å². The quantitative estimate of drug-likeness (QED) is 0.500. The van der Waals surface area contributed by atoms with E-state index in [1.54, 1.807) is 25.1 Å². The van der Waals surface area contributed by atoms with Crippen molar-refractivity contribution in [3.8, 4) is 12.3 Å². The number of carbonyl (C=O) groups is 1. The van der Waals surface area contributed by atoms with Crippen LogP contribution < -0.4 is 11.1 Å². The molecule has 0 spiro atoms. The molecule has 0 radical (unpaired) electrons. The highest BCUT2D eigenvalue weighted by Crippen LogP contribution is 2.30. The van der Waals surface area contributed by atoms with Crippen molar-refractivity contribution in [2.24, 2.45) is 0 Å². The summed E-state index contributed by atoms with van der Waals surface area (Å²) in [5, 5.41) is 2.94. The summed E-state index contributed by atoms with van der Waals surface area (Å²) >= 11 is 7.17. The van der Waals surface area contributed by atoms with Crippen molar-refractivity contribution < 1.29 is 4.79 Å². The van der Waals surface area contributed by atoms with Gasteiger partial charge in [-0.3, -0.25) is 4.79 Å². The standard InChI is InChI=1S/C12H13ClN2OS/c1-3-6-15-12(16)8(2)17-11-5-4-9(13)7-10(11)14/h1,4-5,7-8H,6,14H2,2H3,(H,15,16). The number of carbonyl (C=O) groups excluding carboxylic acids is 1. The lowest BCUT2D eigenvalue weighted by Gasteiger charge is -2.12. The lowest BCUT2D eigenvalue weighted by molar-refractivity contribution is -0.120. The molecule has 0 bridgehead atoms. The second kappa shape index (κ2) is 6.43. The lowest BCUT2D eigenvalue weighted by Crippen LogP contribution is -2.31. The van der Waals surface area contributed by atoms with Crippen molar-refractivity contribution >= 4 is 35.0 Å². The van der Waals surface area contributed by atoms with Crippen molar-refractivity contribution in [3.05, 3.63) is 23.2 Å². The van der Waals surface area contributed by atoms with Gasteiger partial charge in [-0.2, -0.15) is 0 Å². The fourth-order valence-corrected chi connectivity index (χ4v) is 2.25. The number of hydrogen-bond acceptors (Lipinski definition) is 3. The second-order valence-corrected chi connectivity index (χ2v) is 5.18. The Morgan fingerprint density at radius 1 is 1.71 bits per heavy atom. The number of benzene rings is 1. The van der Waals surface area contributed by atoms with E-state index in [0.29, 0.717) is 10.7 Å². The molecule has 0 fully saturated rings. The first-order valence-corrected chi connectivity index (χ1v) is 6.23. The maximum Gasteiger partial charge on any atom is 0.233 e. The number of halogens is 1. The molecule has 3 nitrogen and oxygen atoms in total. The van der Waals surface area contributed by atoms with E-state index in [-0.39, 0.29) is 17.7 Å². The molecule has 90 valence electrons. The first-order valence-electron chi connectivity index (χ1n) is 4.97. The monoisotopic (exact) mass is 268 g/mol. The summed E-state index contributed by atoms with van der Waals surface area (Å²) in [4.78, 5) is 12.4. The van der Waals surface area contributed by atoms with Crippen LogP contribution in [0.4, 0.5) is 5.69 Å². The van der Waals surface area contributed by atoms with Crippen LogP contribution in [0.15, 0.2) is 23.1 Å². The van der Waals surface area contributed by atoms with Gasteiger partial charge in [0.25, 0.3) is 0 Å². The van der Waals surface area contributed by atoms with E-state index in [4.69, 9.17) is 23.8 Å². The Morgan fingerprint density at radius 3 is 3.00 bits per heavy atom. The molecule has 0 aliphatic rings. The first-order chi connectivity index (χ1) is 8.04. The predicted molar refractivity (Wildman–Crippen MR) is 73.0 cm³/mol. The van der Waals surface area contributed by atoms with E-state index >= 15 is 0 Å². The molecule has 0 heterocycles. The van der Waals surface area contributed by atoms with Gasteiger partial charge in [0.2, 0.25) is 5.91 Å². The zero-order valence-corrected chi connectivity index (χ0v) is 10.9. The molecule has 1 atom stereocenters. The summed E-state index contributed by atoms with van der Waals surface area (Å²) in [7, 11) is 0. The number of nitrogens with one attached hydrogen (secondary N) is 1. The molecular formula is C12H13ClN2OS. The third-order valence-electron chi connectivity index (χ3n) is 2.01. The van der Waals surface area contributed by atoms with E-state index in [0.717, 1.165) is 4.90 Å². The lowest BCUT2D eigenvalue weighted by atomic mass is 10.3. The van der Waals surface area contributed by atoms with E-state index in [1.165, 1.54) is 11.8 Å². The Bertz CT molecular complexity index is 456. The van der Waals surface area contributed by atoms with Crippen LogP contribution >= 0.6 is 23.4 Å². The molecule has 0 saturated carbocycles. The topological polar surface area (TPSA) is 55.1 Å². The van der Waals surface area contributed by atoms with Crippen molar-refractivity contribution in [2.75, 3.05) is 12.3 Å². The Balaban J connectivity index is 2.65. The summed E-state index contributed by atoms with van der Waals surface area (Å²) in [5.41, 5.74) is 6.37. The summed E-state index contributed by atoms with van der Waals surface area (Å²) in [5.74, 6) is 2.24. The fourth-order valence-electron chi connectivity index (χ4n) is 1.15. The average Bonchev–Trinajstić information content (AvgIpc) is 2.29. The van der Waals surface area contributed by atoms with E-state index in [1.807, 2.05) is 0 Å². The highest BCUT2D eigenvalue weighted by atomic mass is 35.5. The first kappa shape index (κ1) is 13.8. The largest absolute Gasteiger partial charge is 0.398 e. The number of terminal acetylenes is 1. The van der Waals surface area contributed by atoms with Crippen molar-refractivity contribution in [3.63, 3.8) is 0 Å². The summed E-state index contributed by atoms with van der Waals surface area (Å²) < 4.78 is 0. The molecule has 3 N–H and O–H groups in total. The molecule has 1 rings (SSSR count). The van der Waals surface area contributed by atoms with E-state index in [2.05, 4.69) is 11.2 Å². The predicted octanol–water partition coefficient (Wildman–Crippen LogP) is 2.15. The number of amides is 1. The van der Waals surface area contributed by atoms with Gasteiger partial charge in [-0.1, -0.05) is 17.5 Å². The molecule has 1 amide bonds. The number of anilines is 1. The smallest absolute Gasteiger partial charge is 0.233 e. The minimum absolute atomic E-state index is 0.109. The van der Waals surface area contributed by atoms with Gasteiger partial charge in [0, 0.05) is 15.6 Å². The molecule has 1 unspecified atom stereocenters. The third-order valence-corrected chi connectivity index (χ3v) is 3.44. The highest BCUT2D eigenvalue weighted by molar-refractivity contribution is 8.00. The molecular weight excluding hydrogens is 256 g/mol. The minimum Gasteiger partial charge on any atom is -0.398 e. The Labute approximate surface area is 110 Å². The van der Waals surface area contributed by atoms with Crippen LogP contribution in [0.2, 0.25) is 5.02 Å². The summed E-state index contributed by atoms with van der Waals surface area (Å²) in [6.07, 6.45) is 5.06. The maximum atomic E-state index is 11.6. The van der Waals surface area contributed by atoms with Crippen molar-refractivity contribution in [2.45, 2.75) is 17.1 Å². The number of nitrogens with two attached hydrogens (primary N) is 1.